The number of aromatic nitrogens is 3. The Labute approximate surface area is 243 Å². The molecule has 4 aromatic carbocycles. The molecule has 0 saturated carbocycles. The molecular weight excluding hydrogens is 552 g/mol. The number of hydrogen-bond acceptors (Lipinski definition) is 4. The van der Waals surface area contributed by atoms with Crippen LogP contribution in [0.2, 0.25) is 0 Å². The van der Waals surface area contributed by atoms with Crippen LogP contribution in [0.4, 0.5) is 8.78 Å². The zero-order chi connectivity index (χ0) is 29.1. The lowest BCUT2D eigenvalue weighted by molar-refractivity contribution is -0.467. The van der Waals surface area contributed by atoms with Gasteiger partial charge in [0, 0.05) is 11.3 Å². The minimum absolute atomic E-state index is 0.0354. The number of para-hydroxylation sites is 1. The van der Waals surface area contributed by atoms with Gasteiger partial charge in [-0.05, 0) is 95.1 Å². The molecule has 0 unspecified atom stereocenters. The molecule has 0 saturated heterocycles. The lowest BCUT2D eigenvalue weighted by atomic mass is 10.0. The summed E-state index contributed by atoms with van der Waals surface area (Å²) in [5.41, 5.74) is 3.64. The molecule has 0 fully saturated rings. The molecule has 206 valence electrons. The van der Waals surface area contributed by atoms with E-state index in [0.717, 1.165) is 15.8 Å². The fourth-order valence-corrected chi connectivity index (χ4v) is 6.54. The van der Waals surface area contributed by atoms with Crippen molar-refractivity contribution in [3.63, 3.8) is 0 Å². The lowest BCUT2D eigenvalue weighted by Gasteiger charge is -2.15. The van der Waals surface area contributed by atoms with Crippen LogP contribution in [0.1, 0.15) is 41.3 Å². The summed E-state index contributed by atoms with van der Waals surface area (Å²) >= 11 is 1.44. The number of fused-ring (bicyclic) bond motifs is 5. The predicted octanol–water partition coefficient (Wildman–Crippen LogP) is 7.35. The van der Waals surface area contributed by atoms with Crippen molar-refractivity contribution in [2.45, 2.75) is 19.8 Å². The number of carbonyl (C=O) groups is 1. The van der Waals surface area contributed by atoms with E-state index < -0.39 is 17.5 Å². The molecular formula is C34H23F2N3O2S. The highest BCUT2D eigenvalue weighted by atomic mass is 32.1. The van der Waals surface area contributed by atoms with Crippen LogP contribution >= 0.6 is 11.3 Å². The van der Waals surface area contributed by atoms with Gasteiger partial charge in [0.2, 0.25) is 4.83 Å². The summed E-state index contributed by atoms with van der Waals surface area (Å²) in [4.78, 5) is 19.7. The topological polar surface area (TPSA) is 62.1 Å². The average Bonchev–Trinajstić information content (AvgIpc) is 3.52. The first kappa shape index (κ1) is 26.0. The Kier molecular flexibility index (Phi) is 6.09. The van der Waals surface area contributed by atoms with Gasteiger partial charge in [-0.3, -0.25) is 9.36 Å². The number of benzene rings is 4. The summed E-state index contributed by atoms with van der Waals surface area (Å²) in [6, 6.07) is 26.6. The average molecular weight is 576 g/mol. The number of carbonyl (C=O) groups excluding carboxylic acids is 1. The van der Waals surface area contributed by atoms with Crippen LogP contribution in [-0.4, -0.2) is 15.3 Å². The van der Waals surface area contributed by atoms with Gasteiger partial charge in [0.1, 0.15) is 17.0 Å². The number of thiazole rings is 1. The molecule has 8 heteroatoms. The third kappa shape index (κ3) is 4.06. The molecule has 0 N–H and O–H groups in total. The molecule has 7 rings (SSSR count). The fourth-order valence-electron chi connectivity index (χ4n) is 5.35. The van der Waals surface area contributed by atoms with Crippen molar-refractivity contribution in [3.05, 3.63) is 125 Å². The van der Waals surface area contributed by atoms with Gasteiger partial charge in [-0.15, -0.1) is 0 Å². The van der Waals surface area contributed by atoms with E-state index in [1.165, 1.54) is 52.3 Å². The van der Waals surface area contributed by atoms with Crippen LogP contribution in [0.15, 0.2) is 97.1 Å². The zero-order valence-electron chi connectivity index (χ0n) is 22.6. The first-order valence-corrected chi connectivity index (χ1v) is 14.3. The van der Waals surface area contributed by atoms with Crippen molar-refractivity contribution in [1.82, 2.24) is 9.55 Å². The molecule has 0 radical (unpaired) electrons. The van der Waals surface area contributed by atoms with Gasteiger partial charge in [0.15, 0.2) is 11.3 Å². The van der Waals surface area contributed by atoms with Gasteiger partial charge in [-0.1, -0.05) is 49.4 Å². The van der Waals surface area contributed by atoms with Crippen LogP contribution in [0.5, 0.6) is 5.88 Å². The molecule has 0 atom stereocenters. The second-order valence-electron chi connectivity index (χ2n) is 10.4. The number of ketones is 1. The molecule has 0 bridgehead atoms. The van der Waals surface area contributed by atoms with Gasteiger partial charge < -0.3 is 5.11 Å². The van der Waals surface area contributed by atoms with Crippen LogP contribution in [0.25, 0.3) is 43.2 Å². The summed E-state index contributed by atoms with van der Waals surface area (Å²) < 4.78 is 32.0. The third-order valence-corrected chi connectivity index (χ3v) is 8.65. The molecule has 3 aromatic heterocycles. The largest absolute Gasteiger partial charge is 0.859 e. The van der Waals surface area contributed by atoms with E-state index in [-0.39, 0.29) is 16.9 Å². The summed E-state index contributed by atoms with van der Waals surface area (Å²) in [7, 11) is 0. The summed E-state index contributed by atoms with van der Waals surface area (Å²) in [5, 5.41) is 14.7. The molecule has 3 heterocycles. The number of rotatable bonds is 5. The van der Waals surface area contributed by atoms with E-state index >= 15 is 0 Å². The van der Waals surface area contributed by atoms with Crippen LogP contribution in [-0.2, 0) is 0 Å². The van der Waals surface area contributed by atoms with Crippen LogP contribution < -0.4 is 9.51 Å². The Bertz CT molecular complexity index is 2150. The highest BCUT2D eigenvalue weighted by molar-refractivity contribution is 7.24. The fraction of sp³-hybridized carbons (Fsp3) is 0.0882. The molecule has 5 nitrogen and oxygen atoms in total. The van der Waals surface area contributed by atoms with Gasteiger partial charge >= 0.3 is 5.82 Å². The van der Waals surface area contributed by atoms with Gasteiger partial charge in [0.05, 0.1) is 15.8 Å². The maximum Gasteiger partial charge on any atom is 0.339 e. The molecule has 42 heavy (non-hydrogen) atoms. The van der Waals surface area contributed by atoms with Crippen molar-refractivity contribution in [2.24, 2.45) is 0 Å². The first-order valence-electron chi connectivity index (χ1n) is 13.5. The highest BCUT2D eigenvalue weighted by Gasteiger charge is 2.32. The van der Waals surface area contributed by atoms with E-state index in [2.05, 4.69) is 13.8 Å². The van der Waals surface area contributed by atoms with Gasteiger partial charge in [-0.2, -0.15) is 4.40 Å². The molecule has 0 spiro atoms. The number of halogens is 2. The Balaban J connectivity index is 1.64. The molecule has 7 aromatic rings. The Morgan fingerprint density at radius 3 is 2.19 bits per heavy atom. The van der Waals surface area contributed by atoms with E-state index in [9.17, 15) is 18.7 Å². The summed E-state index contributed by atoms with van der Waals surface area (Å²) in [5.74, 6) is -1.08. The Morgan fingerprint density at radius 2 is 1.52 bits per heavy atom. The van der Waals surface area contributed by atoms with Crippen molar-refractivity contribution < 1.29 is 23.1 Å². The zero-order valence-corrected chi connectivity index (χ0v) is 23.5. The Morgan fingerprint density at radius 1 is 0.881 bits per heavy atom. The monoisotopic (exact) mass is 575 g/mol. The number of nitrogens with zero attached hydrogens (tertiary/aromatic N) is 3. The minimum atomic E-state index is -0.516. The van der Waals surface area contributed by atoms with Gasteiger partial charge in [0.25, 0.3) is 5.65 Å². The second kappa shape index (κ2) is 9.85. The van der Waals surface area contributed by atoms with Crippen LogP contribution in [0.3, 0.4) is 0 Å². The molecule has 0 amide bonds. The van der Waals surface area contributed by atoms with Crippen molar-refractivity contribution in [3.8, 4) is 23.0 Å². The van der Waals surface area contributed by atoms with Crippen LogP contribution in [0, 0.1) is 11.6 Å². The second-order valence-corrected chi connectivity index (χ2v) is 11.5. The van der Waals surface area contributed by atoms with E-state index in [1.54, 1.807) is 12.1 Å². The normalized spacial score (nSPS) is 11.7. The van der Waals surface area contributed by atoms with Gasteiger partial charge in [-0.25, -0.2) is 8.78 Å². The summed E-state index contributed by atoms with van der Waals surface area (Å²) in [6.45, 7) is 4.18. The molecule has 0 aliphatic heterocycles. The van der Waals surface area contributed by atoms with E-state index in [4.69, 9.17) is 4.98 Å². The molecule has 0 aliphatic carbocycles. The smallest absolute Gasteiger partial charge is 0.339 e. The Hall–Kier alpha value is -4.95. The minimum Gasteiger partial charge on any atom is -0.859 e. The van der Waals surface area contributed by atoms with Crippen molar-refractivity contribution in [2.75, 3.05) is 0 Å². The van der Waals surface area contributed by atoms with Crippen molar-refractivity contribution >= 4 is 43.2 Å². The third-order valence-electron chi connectivity index (χ3n) is 7.51. The maximum atomic E-state index is 14.3. The predicted molar refractivity (Wildman–Crippen MR) is 158 cm³/mol. The number of hydrogen-bond donors (Lipinski definition) is 0. The van der Waals surface area contributed by atoms with E-state index in [1.807, 2.05) is 52.9 Å². The lowest BCUT2D eigenvalue weighted by Crippen LogP contribution is -2.25. The highest BCUT2D eigenvalue weighted by Crippen LogP contribution is 2.39. The standard InChI is InChI=1S/C34H23F2N3O2S/c1-19(2)20-11-17-25(18-12-20)38-32-29(28(33(38)41)30(40)21-7-13-23(35)14-8-21)34-39(26-5-3-4-6-27(26)42-34)31(37-32)22-9-15-24(36)16-10-22/h3-19H,1-2H3. The summed E-state index contributed by atoms with van der Waals surface area (Å²) in [6.07, 6.45) is 0. The molecule has 0 aliphatic rings. The maximum absolute atomic E-state index is 14.3. The van der Waals surface area contributed by atoms with E-state index in [0.29, 0.717) is 38.9 Å². The first-order chi connectivity index (χ1) is 20.3. The quantitative estimate of drug-likeness (QED) is 0.159. The van der Waals surface area contributed by atoms with Crippen molar-refractivity contribution in [1.29, 1.82) is 0 Å². The SMILES string of the molecule is CC(C)c1ccc(-n2c([O-])c(C(=O)c3ccc(F)cc3)c3c2nc(-c2ccc(F)cc2)[n+]2c4ccccc4sc32)cc1.